The van der Waals surface area contributed by atoms with Crippen LogP contribution in [0.4, 0.5) is 5.82 Å². The summed E-state index contributed by atoms with van der Waals surface area (Å²) in [5.41, 5.74) is 0.252. The van der Waals surface area contributed by atoms with Crippen LogP contribution < -0.4 is 10.1 Å². The third-order valence-electron chi connectivity index (χ3n) is 3.39. The minimum absolute atomic E-state index is 0.0170. The zero-order valence-electron chi connectivity index (χ0n) is 14.3. The van der Waals surface area contributed by atoms with Gasteiger partial charge in [0.25, 0.3) is 0 Å². The number of ether oxygens (including phenoxy) is 1. The first-order chi connectivity index (χ1) is 9.68. The lowest BCUT2D eigenvalue weighted by Crippen LogP contribution is -2.35. The first-order valence-electron chi connectivity index (χ1n) is 7.98. The molecule has 0 aromatic carbocycles. The predicted molar refractivity (Wildman–Crippen MR) is 86.9 cm³/mol. The van der Waals surface area contributed by atoms with Crippen molar-refractivity contribution >= 4 is 5.82 Å². The quantitative estimate of drug-likeness (QED) is 0.845. The highest BCUT2D eigenvalue weighted by molar-refractivity contribution is 5.41. The van der Waals surface area contributed by atoms with Gasteiger partial charge < -0.3 is 10.1 Å². The molecule has 21 heavy (non-hydrogen) atoms. The smallest absolute Gasteiger partial charge is 0.218 e. The van der Waals surface area contributed by atoms with Crippen LogP contribution in [0, 0.1) is 5.41 Å². The maximum atomic E-state index is 5.59. The Morgan fingerprint density at radius 3 is 2.38 bits per heavy atom. The number of hydrogen-bond acceptors (Lipinski definition) is 4. The van der Waals surface area contributed by atoms with Crippen LogP contribution in [-0.2, 0) is 0 Å². The largest absolute Gasteiger partial charge is 0.478 e. The summed E-state index contributed by atoms with van der Waals surface area (Å²) in [7, 11) is 0. The molecule has 0 aliphatic heterocycles. The molecule has 1 fully saturated rings. The molecule has 2 rings (SSSR count). The third kappa shape index (κ3) is 5.18. The fourth-order valence-electron chi connectivity index (χ4n) is 2.97. The number of aromatic nitrogens is 2. The van der Waals surface area contributed by atoms with Crippen molar-refractivity contribution in [3.8, 4) is 5.88 Å². The Morgan fingerprint density at radius 1 is 1.19 bits per heavy atom. The van der Waals surface area contributed by atoms with Gasteiger partial charge in [0.2, 0.25) is 5.88 Å². The molecule has 4 heteroatoms. The monoisotopic (exact) mass is 291 g/mol. The van der Waals surface area contributed by atoms with E-state index in [1.165, 1.54) is 12.8 Å². The van der Waals surface area contributed by atoms with E-state index >= 15 is 0 Å². The van der Waals surface area contributed by atoms with E-state index in [-0.39, 0.29) is 11.0 Å². The van der Waals surface area contributed by atoms with Gasteiger partial charge in [-0.3, -0.25) is 0 Å². The summed E-state index contributed by atoms with van der Waals surface area (Å²) in [6.07, 6.45) is 3.45. The highest BCUT2D eigenvalue weighted by Gasteiger charge is 2.29. The van der Waals surface area contributed by atoms with Crippen LogP contribution in [0.2, 0.25) is 0 Å². The van der Waals surface area contributed by atoms with Gasteiger partial charge in [0.05, 0.1) is 6.61 Å². The Balaban J connectivity index is 2.18. The minimum atomic E-state index is -0.0170. The van der Waals surface area contributed by atoms with Crippen LogP contribution >= 0.6 is 0 Å². The van der Waals surface area contributed by atoms with E-state index < -0.39 is 0 Å². The fourth-order valence-corrected chi connectivity index (χ4v) is 2.97. The lowest BCUT2D eigenvalue weighted by atomic mass is 9.82. The zero-order valence-corrected chi connectivity index (χ0v) is 14.3. The van der Waals surface area contributed by atoms with Crippen LogP contribution in [0.3, 0.4) is 0 Å². The molecule has 0 amide bonds. The van der Waals surface area contributed by atoms with Gasteiger partial charge in [0.15, 0.2) is 0 Å². The van der Waals surface area contributed by atoms with Gasteiger partial charge in [-0.25, -0.2) is 4.98 Å². The van der Waals surface area contributed by atoms with Crippen molar-refractivity contribution in [2.45, 2.75) is 72.3 Å². The molecule has 4 nitrogen and oxygen atoms in total. The number of nitrogens with one attached hydrogen (secondary N) is 1. The Kier molecular flexibility index (Phi) is 4.45. The maximum Gasteiger partial charge on any atom is 0.218 e. The Labute approximate surface area is 128 Å². The Hall–Kier alpha value is -1.32. The molecular formula is C17H29N3O. The predicted octanol–water partition coefficient (Wildman–Crippen LogP) is 4.38. The molecular weight excluding hydrogens is 262 g/mol. The minimum Gasteiger partial charge on any atom is -0.478 e. The van der Waals surface area contributed by atoms with Gasteiger partial charge in [-0.1, -0.05) is 20.8 Å². The van der Waals surface area contributed by atoms with Gasteiger partial charge in [0.1, 0.15) is 11.6 Å². The second kappa shape index (κ2) is 5.82. The molecule has 0 saturated heterocycles. The van der Waals surface area contributed by atoms with Crippen LogP contribution in [0.1, 0.15) is 72.5 Å². The van der Waals surface area contributed by atoms with Crippen molar-refractivity contribution in [2.75, 3.05) is 11.9 Å². The lowest BCUT2D eigenvalue weighted by molar-refractivity contribution is 0.301. The van der Waals surface area contributed by atoms with Gasteiger partial charge in [0, 0.05) is 17.5 Å². The maximum absolute atomic E-state index is 5.59. The van der Waals surface area contributed by atoms with Crippen molar-refractivity contribution in [1.82, 2.24) is 9.97 Å². The molecule has 0 unspecified atom stereocenters. The molecule has 1 aromatic heterocycles. The summed E-state index contributed by atoms with van der Waals surface area (Å²) in [6, 6.07) is 1.92. The first kappa shape index (κ1) is 16.1. The fraction of sp³-hybridized carbons (Fsp3) is 0.765. The summed E-state index contributed by atoms with van der Waals surface area (Å²) in [4.78, 5) is 9.21. The van der Waals surface area contributed by atoms with Crippen molar-refractivity contribution in [2.24, 2.45) is 5.41 Å². The van der Waals surface area contributed by atoms with Crippen molar-refractivity contribution < 1.29 is 4.74 Å². The van der Waals surface area contributed by atoms with Crippen LogP contribution in [0.15, 0.2) is 6.07 Å². The Bertz CT molecular complexity index is 487. The second-order valence-corrected chi connectivity index (χ2v) is 7.90. The van der Waals surface area contributed by atoms with Crippen LogP contribution in [0.5, 0.6) is 5.88 Å². The lowest BCUT2D eigenvalue weighted by Gasteiger charge is -2.33. The molecule has 0 radical (unpaired) electrons. The summed E-state index contributed by atoms with van der Waals surface area (Å²) in [6.45, 7) is 13.8. The molecule has 0 bridgehead atoms. The summed E-state index contributed by atoms with van der Waals surface area (Å²) in [5.74, 6) is 3.01. The first-order valence-corrected chi connectivity index (χ1v) is 7.98. The average molecular weight is 291 g/mol. The van der Waals surface area contributed by atoms with Gasteiger partial charge >= 0.3 is 0 Å². The number of hydrogen-bond donors (Lipinski definition) is 1. The van der Waals surface area contributed by atoms with Crippen molar-refractivity contribution in [1.29, 1.82) is 0 Å². The molecule has 0 spiro atoms. The molecule has 0 atom stereocenters. The molecule has 1 aliphatic carbocycles. The SMILES string of the molecule is CCOc1cc(NC(C)(C)CC(C)(C)C)nc(C2CC2)n1. The highest BCUT2D eigenvalue weighted by Crippen LogP contribution is 2.39. The molecule has 1 aromatic rings. The van der Waals surface area contributed by atoms with E-state index in [1.807, 2.05) is 13.0 Å². The molecule has 1 saturated carbocycles. The van der Waals surface area contributed by atoms with Crippen LogP contribution in [0.25, 0.3) is 0 Å². The average Bonchev–Trinajstić information content (AvgIpc) is 3.07. The number of anilines is 1. The number of rotatable bonds is 6. The van der Waals surface area contributed by atoms with E-state index in [1.54, 1.807) is 0 Å². The van der Waals surface area contributed by atoms with Crippen molar-refractivity contribution in [3.63, 3.8) is 0 Å². The van der Waals surface area contributed by atoms with E-state index in [9.17, 15) is 0 Å². The molecule has 1 aliphatic rings. The molecule has 118 valence electrons. The normalized spacial score (nSPS) is 15.9. The van der Waals surface area contributed by atoms with Gasteiger partial charge in [-0.2, -0.15) is 4.98 Å². The van der Waals surface area contributed by atoms with E-state index in [0.717, 1.165) is 18.1 Å². The van der Waals surface area contributed by atoms with Gasteiger partial charge in [-0.05, 0) is 45.4 Å². The third-order valence-corrected chi connectivity index (χ3v) is 3.39. The Morgan fingerprint density at radius 2 is 1.86 bits per heavy atom. The standard InChI is InChI=1S/C17H29N3O/c1-7-21-14-10-13(18-15(19-14)12-8-9-12)20-17(5,6)11-16(2,3)4/h10,12H,7-9,11H2,1-6H3,(H,18,19,20). The number of nitrogens with zero attached hydrogens (tertiary/aromatic N) is 2. The van der Waals surface area contributed by atoms with Crippen LogP contribution in [-0.4, -0.2) is 22.1 Å². The summed E-state index contributed by atoms with van der Waals surface area (Å²) < 4.78 is 5.59. The van der Waals surface area contributed by atoms with Crippen molar-refractivity contribution in [3.05, 3.63) is 11.9 Å². The molecule has 1 heterocycles. The molecule has 1 N–H and O–H groups in total. The van der Waals surface area contributed by atoms with E-state index in [4.69, 9.17) is 9.72 Å². The summed E-state index contributed by atoms with van der Waals surface area (Å²) in [5, 5.41) is 3.57. The highest BCUT2D eigenvalue weighted by atomic mass is 16.5. The topological polar surface area (TPSA) is 47.0 Å². The second-order valence-electron chi connectivity index (χ2n) is 7.90. The van der Waals surface area contributed by atoms with E-state index in [0.29, 0.717) is 18.4 Å². The summed E-state index contributed by atoms with van der Waals surface area (Å²) >= 11 is 0. The van der Waals surface area contributed by atoms with Gasteiger partial charge in [-0.15, -0.1) is 0 Å². The zero-order chi connectivity index (χ0) is 15.7. The van der Waals surface area contributed by atoms with E-state index in [2.05, 4.69) is 44.9 Å².